The molecule has 0 heterocycles. The number of hydrogen-bond acceptors (Lipinski definition) is 2. The van der Waals surface area contributed by atoms with Gasteiger partial charge in [-0.05, 0) is 32.9 Å². The molecule has 0 amide bonds. The minimum atomic E-state index is -0.350. The third kappa shape index (κ3) is 6.93. The number of nitrogens with one attached hydrogen (secondary N) is 2. The molecule has 0 aliphatic rings. The van der Waals surface area contributed by atoms with Gasteiger partial charge in [0.1, 0.15) is 6.10 Å². The molecule has 0 saturated heterocycles. The molecule has 20 heavy (non-hydrogen) atoms. The molecule has 0 aliphatic carbocycles. The number of halogens is 2. The second-order valence-corrected chi connectivity index (χ2v) is 4.11. The van der Waals surface area contributed by atoms with E-state index in [1.807, 2.05) is 20.8 Å². The molecule has 0 aromatic heterocycles. The number of aliphatic imine (C=N–C) groups is 1. The van der Waals surface area contributed by atoms with Crippen LogP contribution < -0.4 is 15.4 Å². The van der Waals surface area contributed by atoms with Gasteiger partial charge in [-0.3, -0.25) is 0 Å². The Bertz CT molecular complexity index is 407. The first-order valence-electron chi connectivity index (χ1n) is 6.60. The van der Waals surface area contributed by atoms with Gasteiger partial charge in [0.15, 0.2) is 17.5 Å². The van der Waals surface area contributed by atoms with Crippen molar-refractivity contribution in [2.75, 3.05) is 19.6 Å². The van der Waals surface area contributed by atoms with Gasteiger partial charge in [0.25, 0.3) is 0 Å². The molecule has 1 unspecified atom stereocenters. The van der Waals surface area contributed by atoms with E-state index >= 15 is 0 Å². The molecule has 0 spiro atoms. The summed E-state index contributed by atoms with van der Waals surface area (Å²) in [5.41, 5.74) is 0. The van der Waals surface area contributed by atoms with Gasteiger partial charge >= 0.3 is 0 Å². The fraction of sp³-hybridized carbons (Fsp3) is 0.500. The predicted molar refractivity (Wildman–Crippen MR) is 91.6 cm³/mol. The molecular formula is C14H23FIN3O. The zero-order valence-corrected chi connectivity index (χ0v) is 14.5. The van der Waals surface area contributed by atoms with Crippen LogP contribution in [0.15, 0.2) is 29.3 Å². The second-order valence-electron chi connectivity index (χ2n) is 4.11. The molecule has 0 aliphatic heterocycles. The Morgan fingerprint density at radius 1 is 1.25 bits per heavy atom. The summed E-state index contributed by atoms with van der Waals surface area (Å²) in [5, 5.41) is 6.25. The van der Waals surface area contributed by atoms with Crippen molar-refractivity contribution < 1.29 is 9.13 Å². The Kier molecular flexibility index (Phi) is 10.1. The molecule has 114 valence electrons. The monoisotopic (exact) mass is 395 g/mol. The molecule has 0 saturated carbocycles. The lowest BCUT2D eigenvalue weighted by molar-refractivity contribution is 0.220. The minimum absolute atomic E-state index is 0. The third-order valence-corrected chi connectivity index (χ3v) is 2.36. The van der Waals surface area contributed by atoms with Crippen LogP contribution in [0.25, 0.3) is 0 Å². The highest BCUT2D eigenvalue weighted by atomic mass is 127. The number of guanidine groups is 1. The topological polar surface area (TPSA) is 45.7 Å². The van der Waals surface area contributed by atoms with Crippen molar-refractivity contribution >= 4 is 29.9 Å². The van der Waals surface area contributed by atoms with Crippen LogP contribution in [0.5, 0.6) is 5.75 Å². The highest BCUT2D eigenvalue weighted by molar-refractivity contribution is 14.0. The first-order valence-corrected chi connectivity index (χ1v) is 6.60. The third-order valence-electron chi connectivity index (χ3n) is 2.36. The van der Waals surface area contributed by atoms with Crippen LogP contribution in [-0.4, -0.2) is 31.7 Å². The van der Waals surface area contributed by atoms with Gasteiger partial charge in [0.2, 0.25) is 0 Å². The van der Waals surface area contributed by atoms with Crippen LogP contribution in [0.4, 0.5) is 4.39 Å². The Morgan fingerprint density at radius 2 is 1.85 bits per heavy atom. The molecule has 0 radical (unpaired) electrons. The Balaban J connectivity index is 0.00000361. The van der Waals surface area contributed by atoms with Crippen LogP contribution >= 0.6 is 24.0 Å². The highest BCUT2D eigenvalue weighted by Gasteiger charge is 2.07. The number of benzene rings is 1. The second kappa shape index (κ2) is 10.7. The van der Waals surface area contributed by atoms with E-state index in [2.05, 4.69) is 15.6 Å². The Morgan fingerprint density at radius 3 is 2.40 bits per heavy atom. The largest absolute Gasteiger partial charge is 0.486 e. The molecule has 0 fully saturated rings. The zero-order valence-electron chi connectivity index (χ0n) is 12.1. The molecule has 1 aromatic rings. The normalized spacial score (nSPS) is 11.0. The number of rotatable bonds is 6. The maximum atomic E-state index is 13.4. The number of hydrogen-bond donors (Lipinski definition) is 2. The average molecular weight is 395 g/mol. The van der Waals surface area contributed by atoms with Crippen molar-refractivity contribution in [3.05, 3.63) is 30.1 Å². The van der Waals surface area contributed by atoms with Gasteiger partial charge in [0.05, 0.1) is 6.54 Å². The number of nitrogens with zero attached hydrogens (tertiary/aromatic N) is 1. The standard InChI is InChI=1S/C14H22FN3O.HI/c1-4-16-14(17-5-2)18-10-11(3)19-13-9-7-6-8-12(13)15;/h6-9,11H,4-5,10H2,1-3H3,(H2,16,17,18);1H. The summed E-state index contributed by atoms with van der Waals surface area (Å²) < 4.78 is 18.9. The molecule has 0 bridgehead atoms. The summed E-state index contributed by atoms with van der Waals surface area (Å²) in [6.45, 7) is 7.94. The van der Waals surface area contributed by atoms with E-state index in [0.29, 0.717) is 6.54 Å². The fourth-order valence-corrected chi connectivity index (χ4v) is 1.52. The molecule has 1 rings (SSSR count). The van der Waals surface area contributed by atoms with Crippen LogP contribution in [0.3, 0.4) is 0 Å². The van der Waals surface area contributed by atoms with E-state index in [1.54, 1.807) is 18.2 Å². The van der Waals surface area contributed by atoms with Gasteiger partial charge in [-0.15, -0.1) is 24.0 Å². The lowest BCUT2D eigenvalue weighted by Crippen LogP contribution is -2.37. The van der Waals surface area contributed by atoms with E-state index in [-0.39, 0.29) is 41.6 Å². The maximum absolute atomic E-state index is 13.4. The summed E-state index contributed by atoms with van der Waals surface area (Å²) in [7, 11) is 0. The number of para-hydroxylation sites is 1. The van der Waals surface area contributed by atoms with Crippen LogP contribution in [-0.2, 0) is 0 Å². The SMILES string of the molecule is CCNC(=NCC(C)Oc1ccccc1F)NCC.I. The van der Waals surface area contributed by atoms with Gasteiger partial charge in [-0.1, -0.05) is 12.1 Å². The average Bonchev–Trinajstić information content (AvgIpc) is 2.39. The maximum Gasteiger partial charge on any atom is 0.191 e. The lowest BCUT2D eigenvalue weighted by atomic mass is 10.3. The fourth-order valence-electron chi connectivity index (χ4n) is 1.52. The molecular weight excluding hydrogens is 372 g/mol. The molecule has 4 nitrogen and oxygen atoms in total. The smallest absolute Gasteiger partial charge is 0.191 e. The first-order chi connectivity index (χ1) is 9.17. The van der Waals surface area contributed by atoms with Crippen molar-refractivity contribution in [2.24, 2.45) is 4.99 Å². The lowest BCUT2D eigenvalue weighted by Gasteiger charge is -2.15. The molecule has 1 aromatic carbocycles. The number of ether oxygens (including phenoxy) is 1. The summed E-state index contributed by atoms with van der Waals surface area (Å²) in [4.78, 5) is 4.38. The van der Waals surface area contributed by atoms with Gasteiger partial charge in [-0.25, -0.2) is 9.38 Å². The molecule has 2 N–H and O–H groups in total. The van der Waals surface area contributed by atoms with Gasteiger partial charge < -0.3 is 15.4 Å². The quantitative estimate of drug-likeness (QED) is 0.443. The van der Waals surface area contributed by atoms with E-state index in [0.717, 1.165) is 19.0 Å². The molecule has 6 heteroatoms. The van der Waals surface area contributed by atoms with Crippen molar-refractivity contribution in [3.63, 3.8) is 0 Å². The van der Waals surface area contributed by atoms with Crippen molar-refractivity contribution in [2.45, 2.75) is 26.9 Å². The minimum Gasteiger partial charge on any atom is -0.486 e. The first kappa shape index (κ1) is 18.9. The predicted octanol–water partition coefficient (Wildman–Crippen LogP) is 2.79. The van der Waals surface area contributed by atoms with Crippen LogP contribution in [0, 0.1) is 5.82 Å². The van der Waals surface area contributed by atoms with E-state index in [9.17, 15) is 4.39 Å². The van der Waals surface area contributed by atoms with Crippen molar-refractivity contribution in [3.8, 4) is 5.75 Å². The Labute approximate surface area is 137 Å². The summed E-state index contributed by atoms with van der Waals surface area (Å²) in [6, 6.07) is 6.38. The summed E-state index contributed by atoms with van der Waals surface area (Å²) in [6.07, 6.45) is -0.191. The van der Waals surface area contributed by atoms with Crippen molar-refractivity contribution in [1.82, 2.24) is 10.6 Å². The zero-order chi connectivity index (χ0) is 14.1. The molecule has 1 atom stereocenters. The Hall–Kier alpha value is -1.05. The van der Waals surface area contributed by atoms with Gasteiger partial charge in [-0.2, -0.15) is 0 Å². The summed E-state index contributed by atoms with van der Waals surface area (Å²) >= 11 is 0. The van der Waals surface area contributed by atoms with Crippen LogP contribution in [0.2, 0.25) is 0 Å². The van der Waals surface area contributed by atoms with E-state index < -0.39 is 0 Å². The highest BCUT2D eigenvalue weighted by Crippen LogP contribution is 2.16. The summed E-state index contributed by atoms with van der Waals surface area (Å²) in [5.74, 6) is 0.657. The van der Waals surface area contributed by atoms with Crippen LogP contribution in [0.1, 0.15) is 20.8 Å². The van der Waals surface area contributed by atoms with E-state index in [1.165, 1.54) is 6.07 Å². The van der Waals surface area contributed by atoms with Gasteiger partial charge in [0, 0.05) is 13.1 Å². The van der Waals surface area contributed by atoms with E-state index in [4.69, 9.17) is 4.74 Å². The van der Waals surface area contributed by atoms with Crippen molar-refractivity contribution in [1.29, 1.82) is 0 Å².